The minimum atomic E-state index is -3.79. The number of carbonyl (C=O) groups is 2. The zero-order chi connectivity index (χ0) is 23.0. The van der Waals surface area contributed by atoms with Crippen LogP contribution < -0.4 is 15.4 Å². The number of aryl methyl sites for hydroxylation is 1. The fourth-order valence-electron chi connectivity index (χ4n) is 3.50. The molecule has 1 saturated heterocycles. The Morgan fingerprint density at radius 3 is 2.56 bits per heavy atom. The Morgan fingerprint density at radius 2 is 1.88 bits per heavy atom. The third kappa shape index (κ3) is 4.38. The fraction of sp³-hybridized carbons (Fsp3) is 0.333. The number of ether oxygens (including phenoxy) is 1. The van der Waals surface area contributed by atoms with E-state index in [0.717, 1.165) is 5.56 Å². The van der Waals surface area contributed by atoms with Gasteiger partial charge in [0.1, 0.15) is 5.75 Å². The van der Waals surface area contributed by atoms with Gasteiger partial charge in [-0.1, -0.05) is 17.7 Å². The number of carbonyl (C=O) groups excluding carboxylic acids is 2. The van der Waals surface area contributed by atoms with Gasteiger partial charge in [0.15, 0.2) is 6.10 Å². The molecule has 2 aliphatic heterocycles. The molecule has 2 aliphatic rings. The van der Waals surface area contributed by atoms with Crippen LogP contribution in [0.4, 0.5) is 16.2 Å². The lowest BCUT2D eigenvalue weighted by Gasteiger charge is -2.34. The minimum absolute atomic E-state index is 0.0573. The molecule has 11 heteroatoms. The molecule has 0 aromatic heterocycles. The molecule has 2 heterocycles. The van der Waals surface area contributed by atoms with E-state index in [9.17, 15) is 18.0 Å². The van der Waals surface area contributed by atoms with Crippen molar-refractivity contribution in [3.05, 3.63) is 47.0 Å². The summed E-state index contributed by atoms with van der Waals surface area (Å²) < 4.78 is 33.0. The molecule has 0 radical (unpaired) electrons. The first-order chi connectivity index (χ1) is 15.1. The summed E-state index contributed by atoms with van der Waals surface area (Å²) in [5, 5.41) is 6.00. The van der Waals surface area contributed by atoms with E-state index in [0.29, 0.717) is 22.1 Å². The zero-order valence-electron chi connectivity index (χ0n) is 17.6. The number of benzene rings is 2. The summed E-state index contributed by atoms with van der Waals surface area (Å²) in [5.41, 5.74) is 1.81. The fourth-order valence-corrected chi connectivity index (χ4v) is 5.13. The van der Waals surface area contributed by atoms with Crippen LogP contribution in [0.3, 0.4) is 0 Å². The number of hydrogen-bond acceptors (Lipinski definition) is 5. The first-order valence-electron chi connectivity index (χ1n) is 10.1. The molecule has 2 N–H and O–H groups in total. The van der Waals surface area contributed by atoms with Crippen LogP contribution in [0.1, 0.15) is 12.5 Å². The van der Waals surface area contributed by atoms with Crippen molar-refractivity contribution in [3.8, 4) is 5.75 Å². The molecule has 9 nitrogen and oxygen atoms in total. The van der Waals surface area contributed by atoms with Crippen molar-refractivity contribution >= 4 is 44.9 Å². The molecular formula is C21H23ClN4O5S. The predicted molar refractivity (Wildman–Crippen MR) is 121 cm³/mol. The summed E-state index contributed by atoms with van der Waals surface area (Å²) in [6.07, 6.45) is -0.639. The van der Waals surface area contributed by atoms with E-state index in [-0.39, 0.29) is 43.0 Å². The van der Waals surface area contributed by atoms with Gasteiger partial charge in [-0.25, -0.2) is 13.2 Å². The highest BCUT2D eigenvalue weighted by molar-refractivity contribution is 7.89. The molecule has 3 amide bonds. The van der Waals surface area contributed by atoms with Crippen LogP contribution in [0.5, 0.6) is 5.75 Å². The molecule has 2 aromatic carbocycles. The predicted octanol–water partition coefficient (Wildman–Crippen LogP) is 2.91. The second kappa shape index (κ2) is 8.61. The van der Waals surface area contributed by atoms with Crippen molar-refractivity contribution in [2.75, 3.05) is 36.8 Å². The maximum atomic E-state index is 13.1. The van der Waals surface area contributed by atoms with Gasteiger partial charge in [-0.05, 0) is 49.7 Å². The molecule has 2 aromatic rings. The maximum absolute atomic E-state index is 13.1. The smallest absolute Gasteiger partial charge is 0.321 e. The summed E-state index contributed by atoms with van der Waals surface area (Å²) in [6.45, 7) is 4.28. The lowest BCUT2D eigenvalue weighted by molar-refractivity contribution is -0.122. The molecule has 0 aliphatic carbocycles. The normalized spacial score (nSPS) is 19.0. The zero-order valence-corrected chi connectivity index (χ0v) is 19.2. The van der Waals surface area contributed by atoms with Gasteiger partial charge in [0.2, 0.25) is 10.0 Å². The summed E-state index contributed by atoms with van der Waals surface area (Å²) in [4.78, 5) is 26.0. The molecular weight excluding hydrogens is 456 g/mol. The molecule has 0 bridgehead atoms. The first kappa shape index (κ1) is 22.4. The van der Waals surface area contributed by atoms with Gasteiger partial charge in [-0.15, -0.1) is 0 Å². The van der Waals surface area contributed by atoms with Crippen LogP contribution in [0, 0.1) is 6.92 Å². The Balaban J connectivity index is 1.41. The number of urea groups is 1. The molecule has 4 rings (SSSR count). The molecule has 1 atom stereocenters. The number of halogens is 1. The number of hydrogen-bond donors (Lipinski definition) is 2. The summed E-state index contributed by atoms with van der Waals surface area (Å²) in [6, 6.07) is 9.33. The average molecular weight is 479 g/mol. The van der Waals surface area contributed by atoms with E-state index in [4.69, 9.17) is 16.3 Å². The highest BCUT2D eigenvalue weighted by atomic mass is 35.5. The average Bonchev–Trinajstić information content (AvgIpc) is 2.77. The Labute approximate surface area is 191 Å². The molecule has 170 valence electrons. The number of rotatable bonds is 3. The number of fused-ring (bicyclic) bond motifs is 1. The second-order valence-electron chi connectivity index (χ2n) is 7.69. The third-order valence-corrected chi connectivity index (χ3v) is 7.77. The van der Waals surface area contributed by atoms with Gasteiger partial charge in [0, 0.05) is 36.9 Å². The van der Waals surface area contributed by atoms with Crippen molar-refractivity contribution in [1.82, 2.24) is 9.21 Å². The van der Waals surface area contributed by atoms with Gasteiger partial charge in [-0.3, -0.25) is 4.79 Å². The monoisotopic (exact) mass is 478 g/mol. The largest absolute Gasteiger partial charge is 0.479 e. The van der Waals surface area contributed by atoms with E-state index < -0.39 is 16.1 Å². The number of nitrogens with zero attached hydrogens (tertiary/aromatic N) is 2. The van der Waals surface area contributed by atoms with Crippen molar-refractivity contribution in [3.63, 3.8) is 0 Å². The topological polar surface area (TPSA) is 108 Å². The van der Waals surface area contributed by atoms with Crippen LogP contribution in [0.15, 0.2) is 41.3 Å². The maximum Gasteiger partial charge on any atom is 0.321 e. The van der Waals surface area contributed by atoms with Gasteiger partial charge >= 0.3 is 6.03 Å². The Hall–Kier alpha value is -2.82. The molecule has 0 spiro atoms. The highest BCUT2D eigenvalue weighted by Crippen LogP contribution is 2.33. The number of anilines is 2. The molecule has 32 heavy (non-hydrogen) atoms. The van der Waals surface area contributed by atoms with Crippen LogP contribution in [0.2, 0.25) is 5.02 Å². The first-order valence-corrected chi connectivity index (χ1v) is 11.9. The standard InChI is InChI=1S/C21H23ClN4O5S/c1-13-3-4-15(11-17(13)22)23-21(28)25-7-9-26(10-8-25)32(29,30)16-5-6-19-18(12-16)24-20(27)14(2)31-19/h3-6,11-12,14H,7-10H2,1-2H3,(H,23,28)(H,24,27). The van der Waals surface area contributed by atoms with Crippen LogP contribution in [-0.2, 0) is 14.8 Å². The van der Waals surface area contributed by atoms with Crippen molar-refractivity contribution < 1.29 is 22.7 Å². The summed E-state index contributed by atoms with van der Waals surface area (Å²) >= 11 is 6.10. The number of nitrogens with one attached hydrogen (secondary N) is 2. The Morgan fingerprint density at radius 1 is 1.16 bits per heavy atom. The summed E-state index contributed by atoms with van der Waals surface area (Å²) in [7, 11) is -3.79. The van der Waals surface area contributed by atoms with E-state index in [1.54, 1.807) is 24.0 Å². The van der Waals surface area contributed by atoms with E-state index in [1.165, 1.54) is 22.5 Å². The van der Waals surface area contributed by atoms with E-state index in [2.05, 4.69) is 10.6 Å². The van der Waals surface area contributed by atoms with Crippen LogP contribution in [0.25, 0.3) is 0 Å². The van der Waals surface area contributed by atoms with E-state index >= 15 is 0 Å². The summed E-state index contributed by atoms with van der Waals surface area (Å²) in [5.74, 6) is 0.0929. The molecule has 1 fully saturated rings. The third-order valence-electron chi connectivity index (χ3n) is 5.47. The van der Waals surface area contributed by atoms with E-state index in [1.807, 2.05) is 13.0 Å². The quantitative estimate of drug-likeness (QED) is 0.705. The Bertz CT molecular complexity index is 1180. The van der Waals surface area contributed by atoms with Gasteiger partial charge in [0.25, 0.3) is 5.91 Å². The number of amides is 3. The van der Waals surface area contributed by atoms with Crippen molar-refractivity contribution in [1.29, 1.82) is 0 Å². The SMILES string of the molecule is Cc1ccc(NC(=O)N2CCN(S(=O)(=O)c3ccc4c(c3)NC(=O)C(C)O4)CC2)cc1Cl. The van der Waals surface area contributed by atoms with Gasteiger partial charge in [-0.2, -0.15) is 4.31 Å². The van der Waals surface area contributed by atoms with Crippen LogP contribution >= 0.6 is 11.6 Å². The van der Waals surface area contributed by atoms with Crippen molar-refractivity contribution in [2.24, 2.45) is 0 Å². The lowest BCUT2D eigenvalue weighted by atomic mass is 10.2. The number of sulfonamides is 1. The number of piperazine rings is 1. The minimum Gasteiger partial charge on any atom is -0.479 e. The second-order valence-corrected chi connectivity index (χ2v) is 10.0. The van der Waals surface area contributed by atoms with Gasteiger partial charge < -0.3 is 20.3 Å². The van der Waals surface area contributed by atoms with Crippen LogP contribution in [-0.4, -0.2) is 61.8 Å². The van der Waals surface area contributed by atoms with Crippen molar-refractivity contribution in [2.45, 2.75) is 24.8 Å². The highest BCUT2D eigenvalue weighted by Gasteiger charge is 2.32. The molecule has 1 unspecified atom stereocenters. The Kier molecular flexibility index (Phi) is 6.02. The molecule has 0 saturated carbocycles. The van der Waals surface area contributed by atoms with Gasteiger partial charge in [0.05, 0.1) is 10.6 Å². The lowest BCUT2D eigenvalue weighted by Crippen LogP contribution is -2.51.